The van der Waals surface area contributed by atoms with Crippen LogP contribution in [0.3, 0.4) is 0 Å². The lowest BCUT2D eigenvalue weighted by molar-refractivity contribution is -0.118. The number of hydrogen-bond donors (Lipinski definition) is 2. The molecule has 0 saturated heterocycles. The van der Waals surface area contributed by atoms with Crippen LogP contribution in [0.25, 0.3) is 0 Å². The van der Waals surface area contributed by atoms with Gasteiger partial charge in [0.15, 0.2) is 11.5 Å². The number of amides is 1. The normalized spacial score (nSPS) is 10.2. The molecule has 0 saturated carbocycles. The summed E-state index contributed by atoms with van der Waals surface area (Å²) >= 11 is 0. The first kappa shape index (κ1) is 15.3. The van der Waals surface area contributed by atoms with E-state index in [-0.39, 0.29) is 18.9 Å². The molecular formula is C14H22N2O3. The molecule has 0 aliphatic rings. The minimum atomic E-state index is -0.374. The second kappa shape index (κ2) is 8.37. The predicted molar refractivity (Wildman–Crippen MR) is 74.3 cm³/mol. The molecule has 1 aromatic rings. The number of primary amides is 1. The fourth-order valence-electron chi connectivity index (χ4n) is 1.68. The minimum Gasteiger partial charge on any atom is -0.493 e. The van der Waals surface area contributed by atoms with E-state index in [1.807, 2.05) is 18.2 Å². The van der Waals surface area contributed by atoms with Crippen LogP contribution >= 0.6 is 0 Å². The molecule has 5 nitrogen and oxygen atoms in total. The minimum absolute atomic E-state index is 0.194. The van der Waals surface area contributed by atoms with Crippen molar-refractivity contribution in [2.45, 2.75) is 26.3 Å². The van der Waals surface area contributed by atoms with Crippen LogP contribution in [0.5, 0.6) is 11.5 Å². The summed E-state index contributed by atoms with van der Waals surface area (Å²) in [5, 5.41) is 3.32. The third-order valence-corrected chi connectivity index (χ3v) is 2.62. The van der Waals surface area contributed by atoms with E-state index in [1.54, 1.807) is 7.11 Å². The molecule has 1 amide bonds. The summed E-state index contributed by atoms with van der Waals surface area (Å²) in [6, 6.07) is 5.73. The highest BCUT2D eigenvalue weighted by Gasteiger charge is 2.10. The molecule has 106 valence electrons. The Morgan fingerprint density at radius 1 is 1.42 bits per heavy atom. The van der Waals surface area contributed by atoms with Gasteiger partial charge in [0, 0.05) is 12.1 Å². The maximum atomic E-state index is 10.7. The number of carbonyl (C=O) groups excluding carboxylic acids is 1. The van der Waals surface area contributed by atoms with Crippen molar-refractivity contribution in [2.24, 2.45) is 5.73 Å². The van der Waals surface area contributed by atoms with Crippen LogP contribution in [-0.2, 0) is 11.3 Å². The van der Waals surface area contributed by atoms with Crippen LogP contribution in [0.15, 0.2) is 18.2 Å². The van der Waals surface area contributed by atoms with Gasteiger partial charge in [-0.3, -0.25) is 4.79 Å². The van der Waals surface area contributed by atoms with Crippen LogP contribution < -0.4 is 20.5 Å². The van der Waals surface area contributed by atoms with Crippen molar-refractivity contribution in [3.8, 4) is 11.5 Å². The number of methoxy groups -OCH3 is 1. The van der Waals surface area contributed by atoms with E-state index in [0.29, 0.717) is 18.0 Å². The van der Waals surface area contributed by atoms with Gasteiger partial charge in [-0.25, -0.2) is 0 Å². The highest BCUT2D eigenvalue weighted by molar-refractivity contribution is 5.73. The average molecular weight is 266 g/mol. The molecule has 3 N–H and O–H groups in total. The molecular weight excluding hydrogens is 244 g/mol. The van der Waals surface area contributed by atoms with Crippen molar-refractivity contribution in [1.82, 2.24) is 5.32 Å². The SMILES string of the molecule is CCCNCc1cccc(OC)c1OCCC(N)=O. The van der Waals surface area contributed by atoms with Crippen LogP contribution in [0.4, 0.5) is 0 Å². The van der Waals surface area contributed by atoms with Crippen molar-refractivity contribution >= 4 is 5.91 Å². The maximum absolute atomic E-state index is 10.7. The maximum Gasteiger partial charge on any atom is 0.220 e. The average Bonchev–Trinajstić information content (AvgIpc) is 2.40. The molecule has 5 heteroatoms. The van der Waals surface area contributed by atoms with E-state index in [4.69, 9.17) is 15.2 Å². The number of hydrogen-bond acceptors (Lipinski definition) is 4. The van der Waals surface area contributed by atoms with Crippen molar-refractivity contribution in [3.63, 3.8) is 0 Å². The van der Waals surface area contributed by atoms with Gasteiger partial charge in [0.25, 0.3) is 0 Å². The Morgan fingerprint density at radius 3 is 2.84 bits per heavy atom. The highest BCUT2D eigenvalue weighted by Crippen LogP contribution is 2.31. The second-order valence-electron chi connectivity index (χ2n) is 4.19. The summed E-state index contributed by atoms with van der Waals surface area (Å²) in [5.74, 6) is 0.968. The molecule has 1 rings (SSSR count). The van der Waals surface area contributed by atoms with E-state index < -0.39 is 0 Å². The van der Waals surface area contributed by atoms with E-state index in [0.717, 1.165) is 18.5 Å². The lowest BCUT2D eigenvalue weighted by Gasteiger charge is -2.15. The largest absolute Gasteiger partial charge is 0.493 e. The predicted octanol–water partition coefficient (Wildman–Crippen LogP) is 1.45. The summed E-state index contributed by atoms with van der Waals surface area (Å²) in [6.07, 6.45) is 1.27. The fraction of sp³-hybridized carbons (Fsp3) is 0.500. The molecule has 19 heavy (non-hydrogen) atoms. The zero-order valence-electron chi connectivity index (χ0n) is 11.6. The number of nitrogens with one attached hydrogen (secondary N) is 1. The summed E-state index contributed by atoms with van der Waals surface area (Å²) in [4.78, 5) is 10.7. The second-order valence-corrected chi connectivity index (χ2v) is 4.19. The third kappa shape index (κ3) is 5.18. The van der Waals surface area contributed by atoms with E-state index in [1.165, 1.54) is 0 Å². The zero-order chi connectivity index (χ0) is 14.1. The number of benzene rings is 1. The van der Waals surface area contributed by atoms with Gasteiger partial charge in [-0.15, -0.1) is 0 Å². The Balaban J connectivity index is 2.74. The Labute approximate surface area is 114 Å². The Morgan fingerprint density at radius 2 is 2.21 bits per heavy atom. The van der Waals surface area contributed by atoms with Crippen molar-refractivity contribution < 1.29 is 14.3 Å². The molecule has 0 bridgehead atoms. The quantitative estimate of drug-likeness (QED) is 0.663. The molecule has 0 radical (unpaired) electrons. The van der Waals surface area contributed by atoms with Crippen LogP contribution in [-0.4, -0.2) is 26.2 Å². The van der Waals surface area contributed by atoms with Crippen LogP contribution in [0.1, 0.15) is 25.3 Å². The van der Waals surface area contributed by atoms with Gasteiger partial charge < -0.3 is 20.5 Å². The zero-order valence-corrected chi connectivity index (χ0v) is 11.6. The lowest BCUT2D eigenvalue weighted by Crippen LogP contribution is -2.17. The van der Waals surface area contributed by atoms with Gasteiger partial charge in [-0.05, 0) is 19.0 Å². The monoisotopic (exact) mass is 266 g/mol. The Bertz CT molecular complexity index is 408. The molecule has 0 atom stereocenters. The smallest absolute Gasteiger partial charge is 0.220 e. The van der Waals surface area contributed by atoms with Crippen molar-refractivity contribution in [1.29, 1.82) is 0 Å². The van der Waals surface area contributed by atoms with E-state index in [2.05, 4.69) is 12.2 Å². The number of para-hydroxylation sites is 1. The van der Waals surface area contributed by atoms with Crippen molar-refractivity contribution in [2.75, 3.05) is 20.3 Å². The first-order valence-corrected chi connectivity index (χ1v) is 6.46. The van der Waals surface area contributed by atoms with Crippen LogP contribution in [0, 0.1) is 0 Å². The molecule has 1 aromatic carbocycles. The summed E-state index contributed by atoms with van der Waals surface area (Å²) < 4.78 is 10.9. The molecule has 0 fully saturated rings. The van der Waals surface area contributed by atoms with Gasteiger partial charge in [0.2, 0.25) is 5.91 Å². The van der Waals surface area contributed by atoms with Gasteiger partial charge in [0.1, 0.15) is 0 Å². The summed E-state index contributed by atoms with van der Waals surface area (Å²) in [7, 11) is 1.60. The number of ether oxygens (including phenoxy) is 2. The molecule has 0 aromatic heterocycles. The highest BCUT2D eigenvalue weighted by atomic mass is 16.5. The van der Waals surface area contributed by atoms with E-state index in [9.17, 15) is 4.79 Å². The lowest BCUT2D eigenvalue weighted by atomic mass is 10.2. The van der Waals surface area contributed by atoms with Gasteiger partial charge in [-0.2, -0.15) is 0 Å². The standard InChI is InChI=1S/C14H22N2O3/c1-3-8-16-10-11-5-4-6-12(18-2)14(11)19-9-7-13(15)17/h4-6,16H,3,7-10H2,1-2H3,(H2,15,17). The first-order valence-electron chi connectivity index (χ1n) is 6.46. The fourth-order valence-corrected chi connectivity index (χ4v) is 1.68. The number of rotatable bonds is 9. The topological polar surface area (TPSA) is 73.6 Å². The summed E-state index contributed by atoms with van der Waals surface area (Å²) in [5.41, 5.74) is 6.11. The Kier molecular flexibility index (Phi) is 6.74. The van der Waals surface area contributed by atoms with Crippen molar-refractivity contribution in [3.05, 3.63) is 23.8 Å². The first-order chi connectivity index (χ1) is 9.19. The number of nitrogens with two attached hydrogens (primary N) is 1. The van der Waals surface area contributed by atoms with Crippen LogP contribution in [0.2, 0.25) is 0 Å². The molecule has 0 unspecified atom stereocenters. The number of carbonyl (C=O) groups is 1. The Hall–Kier alpha value is -1.75. The molecule has 0 aliphatic carbocycles. The van der Waals surface area contributed by atoms with Gasteiger partial charge in [-0.1, -0.05) is 19.1 Å². The van der Waals surface area contributed by atoms with Gasteiger partial charge in [0.05, 0.1) is 20.1 Å². The van der Waals surface area contributed by atoms with E-state index >= 15 is 0 Å². The van der Waals surface area contributed by atoms with Gasteiger partial charge >= 0.3 is 0 Å². The third-order valence-electron chi connectivity index (χ3n) is 2.62. The molecule has 0 heterocycles. The molecule has 0 spiro atoms. The molecule has 0 aliphatic heterocycles. The summed E-state index contributed by atoms with van der Waals surface area (Å²) in [6.45, 7) is 4.02.